The average Bonchev–Trinajstić information content (AvgIpc) is 2.15. The largest absolute Gasteiger partial charge is 0.433 e. The smallest absolute Gasteiger partial charge is 0.298 e. The van der Waals surface area contributed by atoms with E-state index in [9.17, 15) is 18.0 Å². The normalized spacial score (nSPS) is 11.4. The Bertz CT molecular complexity index is 351. The molecule has 6 heteroatoms. The SMILES string of the molecule is O=Cc1cc(CCl)nc(C(F)(F)F)c1. The van der Waals surface area contributed by atoms with Crippen molar-refractivity contribution in [1.29, 1.82) is 0 Å². The molecule has 1 aromatic rings. The Morgan fingerprint density at radius 3 is 2.50 bits per heavy atom. The first-order valence-corrected chi connectivity index (χ1v) is 4.10. The number of aromatic nitrogens is 1. The fraction of sp³-hybridized carbons (Fsp3) is 0.250. The van der Waals surface area contributed by atoms with Gasteiger partial charge in [0.25, 0.3) is 0 Å². The lowest BCUT2D eigenvalue weighted by atomic mass is 10.2. The molecule has 0 N–H and O–H groups in total. The number of hydrogen-bond donors (Lipinski definition) is 0. The summed E-state index contributed by atoms with van der Waals surface area (Å²) in [7, 11) is 0. The summed E-state index contributed by atoms with van der Waals surface area (Å²) < 4.78 is 36.6. The number of carbonyl (C=O) groups is 1. The zero-order valence-electron chi connectivity index (χ0n) is 6.81. The molecule has 0 atom stereocenters. The molecule has 0 saturated carbocycles. The van der Waals surface area contributed by atoms with Gasteiger partial charge >= 0.3 is 6.18 Å². The van der Waals surface area contributed by atoms with Gasteiger partial charge in [-0.25, -0.2) is 4.98 Å². The summed E-state index contributed by atoms with van der Waals surface area (Å²) >= 11 is 5.33. The molecule has 14 heavy (non-hydrogen) atoms. The van der Waals surface area contributed by atoms with Crippen LogP contribution in [0.1, 0.15) is 21.7 Å². The van der Waals surface area contributed by atoms with Crippen molar-refractivity contribution in [2.24, 2.45) is 0 Å². The first-order valence-electron chi connectivity index (χ1n) is 3.56. The van der Waals surface area contributed by atoms with E-state index in [2.05, 4.69) is 4.98 Å². The third-order valence-electron chi connectivity index (χ3n) is 1.46. The highest BCUT2D eigenvalue weighted by molar-refractivity contribution is 6.16. The van der Waals surface area contributed by atoms with Crippen LogP contribution in [0.15, 0.2) is 12.1 Å². The highest BCUT2D eigenvalue weighted by Gasteiger charge is 2.33. The van der Waals surface area contributed by atoms with Gasteiger partial charge in [0.2, 0.25) is 0 Å². The van der Waals surface area contributed by atoms with Crippen LogP contribution in [0.2, 0.25) is 0 Å². The molecular formula is C8H5ClF3NO. The molecule has 2 nitrogen and oxygen atoms in total. The Balaban J connectivity index is 3.24. The van der Waals surface area contributed by atoms with Crippen LogP contribution in [0.5, 0.6) is 0 Å². The third-order valence-corrected chi connectivity index (χ3v) is 1.74. The lowest BCUT2D eigenvalue weighted by Crippen LogP contribution is -2.10. The lowest BCUT2D eigenvalue weighted by molar-refractivity contribution is -0.141. The molecule has 76 valence electrons. The monoisotopic (exact) mass is 223 g/mol. The molecule has 0 aromatic carbocycles. The summed E-state index contributed by atoms with van der Waals surface area (Å²) in [5.41, 5.74) is -1.15. The lowest BCUT2D eigenvalue weighted by Gasteiger charge is -2.07. The fourth-order valence-corrected chi connectivity index (χ4v) is 1.03. The maximum atomic E-state index is 12.2. The van der Waals surface area contributed by atoms with Gasteiger partial charge in [-0.05, 0) is 12.1 Å². The Morgan fingerprint density at radius 1 is 1.43 bits per heavy atom. The zero-order valence-corrected chi connectivity index (χ0v) is 7.56. The van der Waals surface area contributed by atoms with Crippen LogP contribution in [-0.2, 0) is 12.1 Å². The molecule has 0 radical (unpaired) electrons. The molecule has 0 amide bonds. The van der Waals surface area contributed by atoms with Crippen molar-refractivity contribution in [3.8, 4) is 0 Å². The van der Waals surface area contributed by atoms with Gasteiger partial charge < -0.3 is 0 Å². The molecule has 0 aliphatic heterocycles. The number of nitrogens with zero attached hydrogens (tertiary/aromatic N) is 1. The number of pyridine rings is 1. The topological polar surface area (TPSA) is 30.0 Å². The maximum absolute atomic E-state index is 12.2. The highest BCUT2D eigenvalue weighted by atomic mass is 35.5. The standard InChI is InChI=1S/C8H5ClF3NO/c9-3-6-1-5(4-14)2-7(13-6)8(10,11)12/h1-2,4H,3H2. The zero-order chi connectivity index (χ0) is 10.8. The molecule has 0 fully saturated rings. The van der Waals surface area contributed by atoms with Gasteiger partial charge in [0, 0.05) is 5.56 Å². The molecule has 0 unspecified atom stereocenters. The quantitative estimate of drug-likeness (QED) is 0.570. The molecule has 0 aliphatic carbocycles. The van der Waals surface area contributed by atoms with Crippen LogP contribution in [0.3, 0.4) is 0 Å². The van der Waals surface area contributed by atoms with Crippen molar-refractivity contribution in [3.05, 3.63) is 29.1 Å². The number of aldehydes is 1. The summed E-state index contributed by atoms with van der Waals surface area (Å²) in [6, 6.07) is 1.90. The summed E-state index contributed by atoms with van der Waals surface area (Å²) in [6.45, 7) is 0. The molecule has 1 rings (SSSR count). The van der Waals surface area contributed by atoms with E-state index in [1.54, 1.807) is 0 Å². The van der Waals surface area contributed by atoms with Crippen molar-refractivity contribution >= 4 is 17.9 Å². The van der Waals surface area contributed by atoms with Crippen molar-refractivity contribution in [2.75, 3.05) is 0 Å². The Labute approximate surface area is 82.7 Å². The minimum absolute atomic E-state index is 0.0311. The Hall–Kier alpha value is -1.10. The van der Waals surface area contributed by atoms with Gasteiger partial charge in [0.05, 0.1) is 11.6 Å². The Kier molecular flexibility index (Phi) is 3.10. The predicted molar refractivity (Wildman–Crippen MR) is 44.2 cm³/mol. The van der Waals surface area contributed by atoms with Crippen LogP contribution >= 0.6 is 11.6 Å². The third kappa shape index (κ3) is 2.45. The molecule has 0 saturated heterocycles. The summed E-state index contributed by atoms with van der Waals surface area (Å²) in [5.74, 6) is -0.162. The minimum Gasteiger partial charge on any atom is -0.298 e. The van der Waals surface area contributed by atoms with Gasteiger partial charge in [-0.2, -0.15) is 13.2 Å². The number of carbonyl (C=O) groups excluding carboxylic acids is 1. The van der Waals surface area contributed by atoms with E-state index in [1.807, 2.05) is 0 Å². The summed E-state index contributed by atoms with van der Waals surface area (Å²) in [5, 5.41) is 0. The van der Waals surface area contributed by atoms with Gasteiger partial charge in [-0.3, -0.25) is 4.79 Å². The van der Waals surface area contributed by atoms with E-state index in [1.165, 1.54) is 6.07 Å². The first kappa shape index (κ1) is 11.0. The van der Waals surface area contributed by atoms with E-state index >= 15 is 0 Å². The van der Waals surface area contributed by atoms with Crippen LogP contribution in [0, 0.1) is 0 Å². The molecule has 0 aliphatic rings. The average molecular weight is 224 g/mol. The maximum Gasteiger partial charge on any atom is 0.433 e. The van der Waals surface area contributed by atoms with Crippen LogP contribution in [0.25, 0.3) is 0 Å². The van der Waals surface area contributed by atoms with Crippen molar-refractivity contribution in [3.63, 3.8) is 0 Å². The van der Waals surface area contributed by atoms with Gasteiger partial charge in [0.1, 0.15) is 12.0 Å². The van der Waals surface area contributed by atoms with Gasteiger partial charge in [-0.15, -0.1) is 11.6 Å². The molecule has 0 bridgehead atoms. The van der Waals surface area contributed by atoms with E-state index in [4.69, 9.17) is 11.6 Å². The van der Waals surface area contributed by atoms with Crippen LogP contribution < -0.4 is 0 Å². The summed E-state index contributed by atoms with van der Waals surface area (Å²) in [6.07, 6.45) is -4.23. The molecular weight excluding hydrogens is 219 g/mol. The van der Waals surface area contributed by atoms with Crippen molar-refractivity contribution in [1.82, 2.24) is 4.98 Å². The molecule has 1 heterocycles. The number of alkyl halides is 4. The summed E-state index contributed by atoms with van der Waals surface area (Å²) in [4.78, 5) is 13.6. The van der Waals surface area contributed by atoms with Crippen molar-refractivity contribution in [2.45, 2.75) is 12.1 Å². The highest BCUT2D eigenvalue weighted by Crippen LogP contribution is 2.28. The van der Waals surface area contributed by atoms with E-state index < -0.39 is 11.9 Å². The van der Waals surface area contributed by atoms with Crippen molar-refractivity contribution < 1.29 is 18.0 Å². The number of rotatable bonds is 2. The predicted octanol–water partition coefficient (Wildman–Crippen LogP) is 2.65. The van der Waals surface area contributed by atoms with E-state index in [0.717, 1.165) is 0 Å². The molecule has 1 aromatic heterocycles. The van der Waals surface area contributed by atoms with E-state index in [0.29, 0.717) is 12.4 Å². The van der Waals surface area contributed by atoms with Gasteiger partial charge in [0.15, 0.2) is 0 Å². The minimum atomic E-state index is -4.56. The number of hydrogen-bond acceptors (Lipinski definition) is 2. The second kappa shape index (κ2) is 3.96. The second-order valence-electron chi connectivity index (χ2n) is 2.53. The van der Waals surface area contributed by atoms with Crippen LogP contribution in [0.4, 0.5) is 13.2 Å². The second-order valence-corrected chi connectivity index (χ2v) is 2.79. The molecule has 0 spiro atoms. The van der Waals surface area contributed by atoms with E-state index in [-0.39, 0.29) is 17.1 Å². The number of halogens is 4. The van der Waals surface area contributed by atoms with Gasteiger partial charge in [-0.1, -0.05) is 0 Å². The first-order chi connectivity index (χ1) is 6.47. The van der Waals surface area contributed by atoms with Crippen LogP contribution in [-0.4, -0.2) is 11.3 Å². The fourth-order valence-electron chi connectivity index (χ4n) is 0.893. The Morgan fingerprint density at radius 2 is 2.07 bits per heavy atom.